The van der Waals surface area contributed by atoms with Gasteiger partial charge in [-0.05, 0) is 61.8 Å². The van der Waals surface area contributed by atoms with E-state index in [1.165, 1.54) is 11.1 Å². The SMILES string of the molecule is Cc1cc(C)cc(C(=O)N(NC(=O)c2ccc(B(O)O)cc2F)[C@H](CCCF)C(C)(C)C)c1. The average Bonchev–Trinajstić information content (AvgIpc) is 2.70. The van der Waals surface area contributed by atoms with Gasteiger partial charge in [0.1, 0.15) is 5.82 Å². The Morgan fingerprint density at radius 2 is 1.70 bits per heavy atom. The molecule has 0 unspecified atom stereocenters. The third-order valence-electron chi connectivity index (χ3n) is 5.37. The van der Waals surface area contributed by atoms with Gasteiger partial charge in [-0.2, -0.15) is 0 Å². The summed E-state index contributed by atoms with van der Waals surface area (Å²) in [6.07, 6.45) is 0.473. The average molecular weight is 460 g/mol. The number of rotatable bonds is 7. The summed E-state index contributed by atoms with van der Waals surface area (Å²) < 4.78 is 27.6. The van der Waals surface area contributed by atoms with Crippen molar-refractivity contribution in [3.63, 3.8) is 0 Å². The number of aryl methyl sites for hydroxylation is 2. The normalized spacial score (nSPS) is 12.3. The number of alkyl halides is 1. The largest absolute Gasteiger partial charge is 0.488 e. The highest BCUT2D eigenvalue weighted by Gasteiger charge is 2.35. The minimum absolute atomic E-state index is 0.109. The van der Waals surface area contributed by atoms with E-state index in [0.717, 1.165) is 23.3 Å². The van der Waals surface area contributed by atoms with Crippen molar-refractivity contribution in [2.45, 2.75) is 53.5 Å². The molecule has 0 spiro atoms. The maximum atomic E-state index is 14.5. The summed E-state index contributed by atoms with van der Waals surface area (Å²) in [4.78, 5) is 26.5. The first-order valence-corrected chi connectivity index (χ1v) is 10.8. The van der Waals surface area contributed by atoms with E-state index in [-0.39, 0.29) is 23.9 Å². The van der Waals surface area contributed by atoms with Crippen molar-refractivity contribution in [3.8, 4) is 0 Å². The summed E-state index contributed by atoms with van der Waals surface area (Å²) in [5.74, 6) is -2.33. The second-order valence-electron chi connectivity index (χ2n) is 9.32. The molecule has 2 aromatic carbocycles. The highest BCUT2D eigenvalue weighted by Crippen LogP contribution is 2.29. The number of nitrogens with one attached hydrogen (secondary N) is 1. The molecule has 0 radical (unpaired) electrons. The van der Waals surface area contributed by atoms with Crippen LogP contribution in [0.25, 0.3) is 0 Å². The lowest BCUT2D eigenvalue weighted by atomic mass is 9.80. The number of amides is 2. The maximum Gasteiger partial charge on any atom is 0.488 e. The minimum Gasteiger partial charge on any atom is -0.423 e. The molecule has 0 saturated heterocycles. The van der Waals surface area contributed by atoms with Gasteiger partial charge in [-0.1, -0.05) is 44.0 Å². The molecule has 0 bridgehead atoms. The monoisotopic (exact) mass is 460 g/mol. The Morgan fingerprint density at radius 3 is 2.18 bits per heavy atom. The number of hydrogen-bond donors (Lipinski definition) is 3. The van der Waals surface area contributed by atoms with Crippen LogP contribution in [0.5, 0.6) is 0 Å². The molecular weight excluding hydrogens is 429 g/mol. The molecule has 2 aromatic rings. The highest BCUT2D eigenvalue weighted by molar-refractivity contribution is 6.58. The fourth-order valence-electron chi connectivity index (χ4n) is 3.77. The number of hydrogen-bond acceptors (Lipinski definition) is 4. The first-order chi connectivity index (χ1) is 15.3. The van der Waals surface area contributed by atoms with Gasteiger partial charge in [0.25, 0.3) is 11.8 Å². The van der Waals surface area contributed by atoms with Gasteiger partial charge >= 0.3 is 7.12 Å². The first-order valence-electron chi connectivity index (χ1n) is 10.8. The molecule has 0 aliphatic carbocycles. The number of hydrazine groups is 1. The highest BCUT2D eigenvalue weighted by atomic mass is 19.1. The predicted molar refractivity (Wildman–Crippen MR) is 124 cm³/mol. The van der Waals surface area contributed by atoms with Gasteiger partial charge in [0.2, 0.25) is 0 Å². The fourth-order valence-corrected chi connectivity index (χ4v) is 3.77. The molecular formula is C24H31BF2N2O4. The van der Waals surface area contributed by atoms with Crippen LogP contribution in [0.2, 0.25) is 0 Å². The quantitative estimate of drug-likeness (QED) is 0.438. The summed E-state index contributed by atoms with van der Waals surface area (Å²) >= 11 is 0. The maximum absolute atomic E-state index is 14.5. The van der Waals surface area contributed by atoms with Gasteiger partial charge in [-0.15, -0.1) is 0 Å². The summed E-state index contributed by atoms with van der Waals surface area (Å²) in [5, 5.41) is 19.6. The van der Waals surface area contributed by atoms with Gasteiger partial charge in [0.05, 0.1) is 18.3 Å². The zero-order chi connectivity index (χ0) is 24.9. The molecule has 2 rings (SSSR count). The third-order valence-corrected chi connectivity index (χ3v) is 5.37. The van der Waals surface area contributed by atoms with Crippen LogP contribution >= 0.6 is 0 Å². The second-order valence-corrected chi connectivity index (χ2v) is 9.32. The zero-order valence-electron chi connectivity index (χ0n) is 19.7. The van der Waals surface area contributed by atoms with Crippen molar-refractivity contribution >= 4 is 24.4 Å². The summed E-state index contributed by atoms with van der Waals surface area (Å²) in [6.45, 7) is 8.75. The molecule has 33 heavy (non-hydrogen) atoms. The van der Waals surface area contributed by atoms with Crippen molar-refractivity contribution in [3.05, 3.63) is 64.5 Å². The predicted octanol–water partition coefficient (Wildman–Crippen LogP) is 3.07. The van der Waals surface area contributed by atoms with E-state index in [0.29, 0.717) is 5.56 Å². The lowest BCUT2D eigenvalue weighted by Crippen LogP contribution is -2.56. The number of halogens is 2. The van der Waals surface area contributed by atoms with Crippen molar-refractivity contribution in [2.75, 3.05) is 6.67 Å². The van der Waals surface area contributed by atoms with Crippen molar-refractivity contribution < 1.29 is 28.4 Å². The van der Waals surface area contributed by atoms with Crippen LogP contribution < -0.4 is 10.9 Å². The minimum atomic E-state index is -1.88. The van der Waals surface area contributed by atoms with Gasteiger partial charge < -0.3 is 10.0 Å². The van der Waals surface area contributed by atoms with Crippen LogP contribution in [-0.2, 0) is 0 Å². The van der Waals surface area contributed by atoms with Crippen LogP contribution in [-0.4, -0.2) is 46.7 Å². The van der Waals surface area contributed by atoms with Crippen molar-refractivity contribution in [1.82, 2.24) is 10.4 Å². The Balaban J connectivity index is 2.49. The van der Waals surface area contributed by atoms with Gasteiger partial charge in [-0.25, -0.2) is 9.40 Å². The summed E-state index contributed by atoms with van der Waals surface area (Å²) in [6, 6.07) is 7.90. The van der Waals surface area contributed by atoms with Gasteiger partial charge in [0.15, 0.2) is 0 Å². The van der Waals surface area contributed by atoms with E-state index in [2.05, 4.69) is 5.43 Å². The van der Waals surface area contributed by atoms with Gasteiger partial charge in [0, 0.05) is 5.56 Å². The molecule has 0 aliphatic heterocycles. The molecule has 6 nitrogen and oxygen atoms in total. The number of nitrogens with zero attached hydrogens (tertiary/aromatic N) is 1. The topological polar surface area (TPSA) is 89.9 Å². The van der Waals surface area contributed by atoms with Crippen molar-refractivity contribution in [2.24, 2.45) is 5.41 Å². The number of carbonyl (C=O) groups excluding carboxylic acids is 2. The van der Waals surface area contributed by atoms with Gasteiger partial charge in [-0.3, -0.25) is 19.4 Å². The molecule has 0 fully saturated rings. The van der Waals surface area contributed by atoms with Crippen molar-refractivity contribution in [1.29, 1.82) is 0 Å². The Kier molecular flexibility index (Phi) is 8.74. The van der Waals surface area contributed by atoms with E-state index in [1.54, 1.807) is 12.1 Å². The van der Waals surface area contributed by atoms with E-state index in [9.17, 15) is 28.4 Å². The molecule has 2 amide bonds. The molecule has 3 N–H and O–H groups in total. The van der Waals surface area contributed by atoms with Crippen LogP contribution in [0.15, 0.2) is 36.4 Å². The zero-order valence-corrected chi connectivity index (χ0v) is 19.7. The fraction of sp³-hybridized carbons (Fsp3) is 0.417. The van der Waals surface area contributed by atoms with Crippen LogP contribution in [0.1, 0.15) is 65.5 Å². The van der Waals surface area contributed by atoms with Crippen LogP contribution in [0.4, 0.5) is 8.78 Å². The standard InChI is InChI=1S/C24H31BF2N2O4/c1-15-11-16(2)13-17(12-15)23(31)29(21(7-6-10-26)24(3,4)5)28-22(30)19-9-8-18(25(32)33)14-20(19)27/h8-9,11-14,21,32-33H,6-7,10H2,1-5H3,(H,28,30)/t21-/m1/s1. The second kappa shape index (κ2) is 10.9. The number of benzene rings is 2. The molecule has 1 atom stereocenters. The molecule has 0 heterocycles. The van der Waals surface area contributed by atoms with Crippen LogP contribution in [0, 0.1) is 25.1 Å². The lowest BCUT2D eigenvalue weighted by molar-refractivity contribution is 0.0262. The Labute approximate surface area is 193 Å². The molecule has 0 aliphatic rings. The Hall–Kier alpha value is -2.78. The Morgan fingerprint density at radius 1 is 1.09 bits per heavy atom. The van der Waals surface area contributed by atoms with E-state index < -0.39 is 42.9 Å². The smallest absolute Gasteiger partial charge is 0.423 e. The van der Waals surface area contributed by atoms with E-state index in [1.807, 2.05) is 40.7 Å². The molecule has 178 valence electrons. The molecule has 0 saturated carbocycles. The molecule has 9 heteroatoms. The van der Waals surface area contributed by atoms with E-state index in [4.69, 9.17) is 0 Å². The lowest BCUT2D eigenvalue weighted by Gasteiger charge is -2.40. The van der Waals surface area contributed by atoms with Crippen LogP contribution in [0.3, 0.4) is 0 Å². The number of carbonyl (C=O) groups is 2. The Bertz CT molecular complexity index is 988. The third kappa shape index (κ3) is 6.85. The summed E-state index contributed by atoms with van der Waals surface area (Å²) in [5.41, 5.74) is 3.61. The summed E-state index contributed by atoms with van der Waals surface area (Å²) in [7, 11) is -1.88. The van der Waals surface area contributed by atoms with E-state index >= 15 is 0 Å². The molecule has 0 aromatic heterocycles. The first kappa shape index (κ1) is 26.5.